The topological polar surface area (TPSA) is 99.0 Å². The maximum Gasteiger partial charge on any atom is 0.210 e. The highest BCUT2D eigenvalue weighted by atomic mass is 32.2. The summed E-state index contributed by atoms with van der Waals surface area (Å²) in [6, 6.07) is 14.9. The largest absolute Gasteiger partial charge is 0.497 e. The van der Waals surface area contributed by atoms with Gasteiger partial charge in [-0.1, -0.05) is 23.9 Å². The molecule has 0 spiro atoms. The summed E-state index contributed by atoms with van der Waals surface area (Å²) >= 11 is 1.47. The Morgan fingerprint density at radius 1 is 1.08 bits per heavy atom. The van der Waals surface area contributed by atoms with Crippen molar-refractivity contribution in [2.75, 3.05) is 20.1 Å². The monoisotopic (exact) mass is 367 g/mol. The molecule has 7 nitrogen and oxygen atoms in total. The van der Waals surface area contributed by atoms with E-state index in [4.69, 9.17) is 20.6 Å². The van der Waals surface area contributed by atoms with Crippen LogP contribution in [-0.2, 0) is 5.75 Å². The number of benzene rings is 2. The van der Waals surface area contributed by atoms with Crippen LogP contribution in [0.5, 0.6) is 11.5 Å². The van der Waals surface area contributed by atoms with Crippen molar-refractivity contribution >= 4 is 11.8 Å². The molecule has 0 saturated carbocycles. The number of rotatable bonds is 6. The number of aromatic nitrogens is 3. The van der Waals surface area contributed by atoms with E-state index in [-0.39, 0.29) is 0 Å². The fraction of sp³-hybridized carbons (Fsp3) is 0.167. The molecule has 26 heavy (non-hydrogen) atoms. The Morgan fingerprint density at radius 2 is 1.73 bits per heavy atom. The number of nitriles is 1. The lowest BCUT2D eigenvalue weighted by atomic mass is 10.2. The van der Waals surface area contributed by atoms with Gasteiger partial charge in [0.15, 0.2) is 5.82 Å². The normalized spacial score (nSPS) is 10.3. The van der Waals surface area contributed by atoms with Gasteiger partial charge in [-0.25, -0.2) is 4.68 Å². The van der Waals surface area contributed by atoms with E-state index in [9.17, 15) is 0 Å². The Balaban J connectivity index is 1.80. The summed E-state index contributed by atoms with van der Waals surface area (Å²) in [5, 5.41) is 17.8. The Hall–Kier alpha value is -3.18. The first-order valence-corrected chi connectivity index (χ1v) is 8.69. The van der Waals surface area contributed by atoms with E-state index in [1.54, 1.807) is 32.4 Å². The van der Waals surface area contributed by atoms with Crippen LogP contribution in [0.3, 0.4) is 0 Å². The molecule has 3 rings (SSSR count). The van der Waals surface area contributed by atoms with Gasteiger partial charge in [0.25, 0.3) is 0 Å². The highest BCUT2D eigenvalue weighted by molar-refractivity contribution is 7.98. The lowest BCUT2D eigenvalue weighted by Crippen LogP contribution is -2.11. The van der Waals surface area contributed by atoms with E-state index in [0.717, 1.165) is 11.1 Å². The standard InChI is InChI=1S/C18H17N5O2S/c1-24-15-7-14(8-16(9-15)25-2)17-21-22-18(23(17)20)26-11-13-5-3-12(10-19)4-6-13/h3-9H,11,20H2,1-2H3. The molecule has 2 N–H and O–H groups in total. The highest BCUT2D eigenvalue weighted by Gasteiger charge is 2.14. The van der Waals surface area contributed by atoms with Crippen molar-refractivity contribution in [2.45, 2.75) is 10.9 Å². The molecule has 0 saturated heterocycles. The summed E-state index contributed by atoms with van der Waals surface area (Å²) < 4.78 is 12.0. The van der Waals surface area contributed by atoms with Crippen molar-refractivity contribution in [1.82, 2.24) is 14.9 Å². The number of nitrogen functional groups attached to an aromatic ring is 1. The Labute approximate surface area is 155 Å². The first-order valence-electron chi connectivity index (χ1n) is 7.70. The molecule has 1 heterocycles. The number of thioether (sulfide) groups is 1. The average Bonchev–Trinajstić information content (AvgIpc) is 3.06. The van der Waals surface area contributed by atoms with E-state index in [0.29, 0.717) is 33.8 Å². The fourth-order valence-electron chi connectivity index (χ4n) is 2.33. The highest BCUT2D eigenvalue weighted by Crippen LogP contribution is 2.30. The van der Waals surface area contributed by atoms with Crippen molar-refractivity contribution in [2.24, 2.45) is 0 Å². The first kappa shape index (κ1) is 17.6. The van der Waals surface area contributed by atoms with Crippen molar-refractivity contribution in [3.05, 3.63) is 53.6 Å². The molecule has 0 aliphatic rings. The molecule has 2 aromatic carbocycles. The van der Waals surface area contributed by atoms with E-state index in [1.807, 2.05) is 24.3 Å². The summed E-state index contributed by atoms with van der Waals surface area (Å²) in [5.74, 6) is 8.66. The number of nitrogens with two attached hydrogens (primary N) is 1. The predicted octanol–water partition coefficient (Wildman–Crippen LogP) is 2.84. The molecule has 0 bridgehead atoms. The van der Waals surface area contributed by atoms with Crippen LogP contribution < -0.4 is 15.3 Å². The van der Waals surface area contributed by atoms with Gasteiger partial charge in [0.1, 0.15) is 11.5 Å². The van der Waals surface area contributed by atoms with Gasteiger partial charge in [-0.3, -0.25) is 0 Å². The van der Waals surface area contributed by atoms with Crippen molar-refractivity contribution in [1.29, 1.82) is 5.26 Å². The summed E-state index contributed by atoms with van der Waals surface area (Å²) in [4.78, 5) is 0. The van der Waals surface area contributed by atoms with Crippen LogP contribution in [0, 0.1) is 11.3 Å². The summed E-state index contributed by atoms with van der Waals surface area (Å²) in [5.41, 5.74) is 2.46. The number of nitrogens with zero attached hydrogens (tertiary/aromatic N) is 4. The second kappa shape index (κ2) is 7.80. The maximum absolute atomic E-state index is 8.85. The van der Waals surface area contributed by atoms with Crippen molar-refractivity contribution in [3.63, 3.8) is 0 Å². The fourth-order valence-corrected chi connectivity index (χ4v) is 3.14. The van der Waals surface area contributed by atoms with Crippen molar-refractivity contribution in [3.8, 4) is 29.0 Å². The van der Waals surface area contributed by atoms with E-state index in [1.165, 1.54) is 16.4 Å². The molecular weight excluding hydrogens is 350 g/mol. The number of hydrogen-bond donors (Lipinski definition) is 1. The lowest BCUT2D eigenvalue weighted by Gasteiger charge is -2.08. The zero-order valence-electron chi connectivity index (χ0n) is 14.3. The summed E-state index contributed by atoms with van der Waals surface area (Å²) in [6.45, 7) is 0. The molecule has 0 aliphatic heterocycles. The van der Waals surface area contributed by atoms with Crippen molar-refractivity contribution < 1.29 is 9.47 Å². The molecule has 0 aliphatic carbocycles. The molecule has 0 atom stereocenters. The van der Waals surface area contributed by atoms with Gasteiger partial charge in [0, 0.05) is 17.4 Å². The van der Waals surface area contributed by atoms with Crippen LogP contribution in [0.25, 0.3) is 11.4 Å². The molecule has 0 radical (unpaired) electrons. The third-order valence-corrected chi connectivity index (χ3v) is 4.74. The zero-order chi connectivity index (χ0) is 18.5. The minimum atomic E-state index is 0.518. The molecule has 132 valence electrons. The Bertz CT molecular complexity index is 925. The van der Waals surface area contributed by atoms with Crippen LogP contribution >= 0.6 is 11.8 Å². The van der Waals surface area contributed by atoms with Gasteiger partial charge in [-0.15, -0.1) is 10.2 Å². The van der Waals surface area contributed by atoms with E-state index < -0.39 is 0 Å². The summed E-state index contributed by atoms with van der Waals surface area (Å²) in [7, 11) is 3.18. The van der Waals surface area contributed by atoms with Gasteiger partial charge in [-0.05, 0) is 29.8 Å². The quantitative estimate of drug-likeness (QED) is 0.528. The zero-order valence-corrected chi connectivity index (χ0v) is 15.2. The van der Waals surface area contributed by atoms with Gasteiger partial charge in [-0.2, -0.15) is 5.26 Å². The van der Waals surface area contributed by atoms with Crippen LogP contribution in [0.4, 0.5) is 0 Å². The smallest absolute Gasteiger partial charge is 0.210 e. The number of hydrogen-bond acceptors (Lipinski definition) is 7. The van der Waals surface area contributed by atoms with Gasteiger partial charge in [0.05, 0.1) is 25.9 Å². The molecular formula is C18H17N5O2S. The minimum absolute atomic E-state index is 0.518. The molecule has 0 fully saturated rings. The predicted molar refractivity (Wildman–Crippen MR) is 99.4 cm³/mol. The molecule has 8 heteroatoms. The number of ether oxygens (including phenoxy) is 2. The SMILES string of the molecule is COc1cc(OC)cc(-c2nnc(SCc3ccc(C#N)cc3)n2N)c1. The summed E-state index contributed by atoms with van der Waals surface area (Å²) in [6.07, 6.45) is 0. The Kier molecular flexibility index (Phi) is 5.29. The van der Waals surface area contributed by atoms with Crippen LogP contribution in [0.1, 0.15) is 11.1 Å². The van der Waals surface area contributed by atoms with Crippen LogP contribution in [0.2, 0.25) is 0 Å². The third kappa shape index (κ3) is 3.73. The Morgan fingerprint density at radius 3 is 2.31 bits per heavy atom. The maximum atomic E-state index is 8.85. The van der Waals surface area contributed by atoms with E-state index >= 15 is 0 Å². The van der Waals surface area contributed by atoms with Gasteiger partial charge in [0.2, 0.25) is 5.16 Å². The lowest BCUT2D eigenvalue weighted by molar-refractivity contribution is 0.394. The van der Waals surface area contributed by atoms with Gasteiger partial charge >= 0.3 is 0 Å². The first-order chi connectivity index (χ1) is 12.6. The van der Waals surface area contributed by atoms with E-state index in [2.05, 4.69) is 16.3 Å². The minimum Gasteiger partial charge on any atom is -0.497 e. The van der Waals surface area contributed by atoms with Gasteiger partial charge < -0.3 is 15.3 Å². The van der Waals surface area contributed by atoms with Crippen LogP contribution in [-0.4, -0.2) is 29.1 Å². The second-order valence-electron chi connectivity index (χ2n) is 5.37. The second-order valence-corrected chi connectivity index (χ2v) is 6.32. The third-order valence-electron chi connectivity index (χ3n) is 3.73. The molecule has 0 amide bonds. The molecule has 3 aromatic rings. The number of methoxy groups -OCH3 is 2. The molecule has 0 unspecified atom stereocenters. The average molecular weight is 367 g/mol. The molecule has 1 aromatic heterocycles. The van der Waals surface area contributed by atoms with Crippen LogP contribution in [0.15, 0.2) is 47.6 Å².